The van der Waals surface area contributed by atoms with Gasteiger partial charge in [-0.3, -0.25) is 10.1 Å². The number of rotatable bonds is 7. The lowest BCUT2D eigenvalue weighted by molar-refractivity contribution is -0.116. The number of anilines is 1. The second-order valence-corrected chi connectivity index (χ2v) is 6.66. The van der Waals surface area contributed by atoms with Crippen molar-refractivity contribution < 1.29 is 13.7 Å². The first-order valence-corrected chi connectivity index (χ1v) is 9.57. The van der Waals surface area contributed by atoms with Crippen LogP contribution in [0.4, 0.5) is 5.88 Å². The Morgan fingerprint density at radius 3 is 2.59 bits per heavy atom. The van der Waals surface area contributed by atoms with Gasteiger partial charge in [0.25, 0.3) is 0 Å². The maximum Gasteiger partial charge on any atom is 0.231 e. The van der Waals surface area contributed by atoms with Crippen LogP contribution in [0.2, 0.25) is 0 Å². The summed E-state index contributed by atoms with van der Waals surface area (Å²) in [6.07, 6.45) is 3.29. The van der Waals surface area contributed by atoms with E-state index in [1.54, 1.807) is 12.3 Å². The molecule has 146 valence electrons. The number of hydrogen-bond acceptors (Lipinski definition) is 5. The quantitative estimate of drug-likeness (QED) is 0.475. The van der Waals surface area contributed by atoms with Crippen LogP contribution in [0.1, 0.15) is 24.8 Å². The molecule has 0 saturated carbocycles. The predicted molar refractivity (Wildman–Crippen MR) is 110 cm³/mol. The first kappa shape index (κ1) is 18.7. The van der Waals surface area contributed by atoms with Crippen molar-refractivity contribution in [2.24, 2.45) is 0 Å². The standard InChI is InChI=1S/C23H21N3O3/c1-2-16-8-10-17(11-9-16)19-14-23(29-26-19)25-21(27)12-13-22-24-15-20(28-22)18-6-4-3-5-7-18/h3-11,14-15H,2,12-13H2,1H3,(H,25,27). The minimum atomic E-state index is -0.187. The number of benzene rings is 2. The maximum atomic E-state index is 12.2. The number of oxazole rings is 1. The van der Waals surface area contributed by atoms with E-state index < -0.39 is 0 Å². The third-order valence-corrected chi connectivity index (χ3v) is 4.61. The van der Waals surface area contributed by atoms with E-state index in [1.165, 1.54) is 5.56 Å². The summed E-state index contributed by atoms with van der Waals surface area (Å²) in [4.78, 5) is 16.5. The highest BCUT2D eigenvalue weighted by Gasteiger charge is 2.12. The van der Waals surface area contributed by atoms with Crippen molar-refractivity contribution in [1.29, 1.82) is 0 Å². The molecular formula is C23H21N3O3. The van der Waals surface area contributed by atoms with Gasteiger partial charge in [-0.2, -0.15) is 0 Å². The zero-order valence-corrected chi connectivity index (χ0v) is 16.1. The van der Waals surface area contributed by atoms with Gasteiger partial charge in [0, 0.05) is 30.0 Å². The second kappa shape index (κ2) is 8.56. The molecule has 0 saturated heterocycles. The van der Waals surface area contributed by atoms with Crippen LogP contribution in [0.3, 0.4) is 0 Å². The summed E-state index contributed by atoms with van der Waals surface area (Å²) in [5.74, 6) is 1.35. The molecule has 0 radical (unpaired) electrons. The Bertz CT molecular complexity index is 1080. The van der Waals surface area contributed by atoms with Crippen LogP contribution in [0.25, 0.3) is 22.6 Å². The van der Waals surface area contributed by atoms with Crippen LogP contribution in [-0.2, 0) is 17.6 Å². The SMILES string of the molecule is CCc1ccc(-c2cc(NC(=O)CCc3ncc(-c4ccccc4)o3)on2)cc1. The number of aryl methyl sites for hydroxylation is 2. The highest BCUT2D eigenvalue weighted by Crippen LogP contribution is 2.23. The van der Waals surface area contributed by atoms with Crippen LogP contribution in [0, 0.1) is 0 Å². The number of nitrogens with zero attached hydrogens (tertiary/aromatic N) is 2. The van der Waals surface area contributed by atoms with Crippen molar-refractivity contribution in [2.75, 3.05) is 5.32 Å². The smallest absolute Gasteiger partial charge is 0.231 e. The monoisotopic (exact) mass is 387 g/mol. The molecule has 1 amide bonds. The first-order chi connectivity index (χ1) is 14.2. The van der Waals surface area contributed by atoms with Crippen molar-refractivity contribution in [3.05, 3.63) is 78.3 Å². The van der Waals surface area contributed by atoms with Crippen LogP contribution in [0.5, 0.6) is 0 Å². The molecule has 6 heteroatoms. The second-order valence-electron chi connectivity index (χ2n) is 6.66. The molecule has 0 fully saturated rings. The molecule has 0 aliphatic heterocycles. The minimum Gasteiger partial charge on any atom is -0.441 e. The molecule has 0 atom stereocenters. The fraction of sp³-hybridized carbons (Fsp3) is 0.174. The van der Waals surface area contributed by atoms with Gasteiger partial charge in [0.15, 0.2) is 11.7 Å². The van der Waals surface area contributed by atoms with E-state index >= 15 is 0 Å². The summed E-state index contributed by atoms with van der Waals surface area (Å²) >= 11 is 0. The van der Waals surface area contributed by atoms with Crippen LogP contribution < -0.4 is 5.32 Å². The van der Waals surface area contributed by atoms with E-state index in [0.29, 0.717) is 29.6 Å². The lowest BCUT2D eigenvalue weighted by atomic mass is 10.1. The Labute approximate surface area is 168 Å². The summed E-state index contributed by atoms with van der Waals surface area (Å²) in [6.45, 7) is 2.11. The minimum absolute atomic E-state index is 0.187. The maximum absolute atomic E-state index is 12.2. The van der Waals surface area contributed by atoms with Crippen molar-refractivity contribution in [3.63, 3.8) is 0 Å². The van der Waals surface area contributed by atoms with Gasteiger partial charge in [-0.15, -0.1) is 0 Å². The Balaban J connectivity index is 1.32. The average molecular weight is 387 g/mol. The number of nitrogens with one attached hydrogen (secondary N) is 1. The van der Waals surface area contributed by atoms with E-state index in [9.17, 15) is 4.79 Å². The lowest BCUT2D eigenvalue weighted by Gasteiger charge is -1.99. The topological polar surface area (TPSA) is 81.2 Å². The Morgan fingerprint density at radius 2 is 1.83 bits per heavy atom. The molecule has 4 rings (SSSR count). The van der Waals surface area contributed by atoms with E-state index in [4.69, 9.17) is 8.94 Å². The van der Waals surface area contributed by atoms with E-state index in [2.05, 4.69) is 34.5 Å². The van der Waals surface area contributed by atoms with E-state index in [0.717, 1.165) is 17.5 Å². The Hall–Kier alpha value is -3.67. The summed E-state index contributed by atoms with van der Waals surface area (Å²) in [5, 5.41) is 6.76. The molecule has 29 heavy (non-hydrogen) atoms. The summed E-state index contributed by atoms with van der Waals surface area (Å²) in [5.41, 5.74) is 3.84. The Morgan fingerprint density at radius 1 is 1.03 bits per heavy atom. The number of aromatic nitrogens is 2. The van der Waals surface area contributed by atoms with Crippen LogP contribution >= 0.6 is 0 Å². The van der Waals surface area contributed by atoms with Crippen molar-refractivity contribution in [1.82, 2.24) is 10.1 Å². The predicted octanol–water partition coefficient (Wildman–Crippen LogP) is 5.13. The highest BCUT2D eigenvalue weighted by atomic mass is 16.5. The fourth-order valence-electron chi connectivity index (χ4n) is 2.96. The van der Waals surface area contributed by atoms with Gasteiger partial charge in [0.2, 0.25) is 11.8 Å². The molecule has 0 bridgehead atoms. The molecule has 2 heterocycles. The van der Waals surface area contributed by atoms with Gasteiger partial charge < -0.3 is 8.94 Å². The van der Waals surface area contributed by atoms with E-state index in [1.807, 2.05) is 42.5 Å². The largest absolute Gasteiger partial charge is 0.441 e. The molecular weight excluding hydrogens is 366 g/mol. The summed E-state index contributed by atoms with van der Waals surface area (Å²) in [7, 11) is 0. The average Bonchev–Trinajstić information content (AvgIpc) is 3.43. The first-order valence-electron chi connectivity index (χ1n) is 9.57. The van der Waals surface area contributed by atoms with Gasteiger partial charge in [-0.25, -0.2) is 4.98 Å². The van der Waals surface area contributed by atoms with Crippen molar-refractivity contribution in [2.45, 2.75) is 26.2 Å². The zero-order valence-electron chi connectivity index (χ0n) is 16.1. The highest BCUT2D eigenvalue weighted by molar-refractivity contribution is 5.89. The van der Waals surface area contributed by atoms with Gasteiger partial charge >= 0.3 is 0 Å². The molecule has 0 spiro atoms. The zero-order chi connectivity index (χ0) is 20.1. The molecule has 2 aromatic carbocycles. The van der Waals surface area contributed by atoms with E-state index in [-0.39, 0.29) is 12.3 Å². The van der Waals surface area contributed by atoms with Crippen molar-refractivity contribution >= 4 is 11.8 Å². The third kappa shape index (κ3) is 4.60. The fourth-order valence-corrected chi connectivity index (χ4v) is 2.96. The molecule has 4 aromatic rings. The molecule has 6 nitrogen and oxygen atoms in total. The number of hydrogen-bond donors (Lipinski definition) is 1. The van der Waals surface area contributed by atoms with Gasteiger partial charge in [-0.05, 0) is 12.0 Å². The third-order valence-electron chi connectivity index (χ3n) is 4.61. The molecule has 0 aliphatic rings. The van der Waals surface area contributed by atoms with Gasteiger partial charge in [-0.1, -0.05) is 66.7 Å². The number of carbonyl (C=O) groups is 1. The van der Waals surface area contributed by atoms with Crippen LogP contribution in [-0.4, -0.2) is 16.0 Å². The normalized spacial score (nSPS) is 10.8. The molecule has 0 aliphatic carbocycles. The molecule has 0 unspecified atom stereocenters. The number of carbonyl (C=O) groups excluding carboxylic acids is 1. The summed E-state index contributed by atoms with van der Waals surface area (Å²) in [6, 6.07) is 19.6. The summed E-state index contributed by atoms with van der Waals surface area (Å²) < 4.78 is 11.0. The number of amides is 1. The van der Waals surface area contributed by atoms with Gasteiger partial charge in [0.05, 0.1) is 6.20 Å². The Kier molecular flexibility index (Phi) is 5.52. The van der Waals surface area contributed by atoms with Gasteiger partial charge in [0.1, 0.15) is 5.69 Å². The lowest BCUT2D eigenvalue weighted by Crippen LogP contribution is -2.11. The van der Waals surface area contributed by atoms with Crippen molar-refractivity contribution in [3.8, 4) is 22.6 Å². The molecule has 2 aromatic heterocycles. The molecule has 1 N–H and O–H groups in total. The van der Waals surface area contributed by atoms with Crippen LogP contribution in [0.15, 0.2) is 75.8 Å².